The summed E-state index contributed by atoms with van der Waals surface area (Å²) in [5, 5.41) is 0.762. The minimum Gasteiger partial charge on any atom is -0.398 e. The number of nitrogens with two attached hydrogens (primary N) is 1. The molecule has 3 rings (SSSR count). The van der Waals surface area contributed by atoms with Crippen LogP contribution in [0.1, 0.15) is 23.2 Å². The number of halogens is 1. The number of hydrogen-bond donors (Lipinski definition) is 1. The van der Waals surface area contributed by atoms with Crippen molar-refractivity contribution in [1.82, 2.24) is 4.98 Å². The van der Waals surface area contributed by atoms with Crippen LogP contribution in [0.25, 0.3) is 10.9 Å². The molecule has 0 spiro atoms. The van der Waals surface area contributed by atoms with Crippen LogP contribution in [0.15, 0.2) is 12.1 Å². The van der Waals surface area contributed by atoms with Gasteiger partial charge in [0.2, 0.25) is 0 Å². The zero-order valence-electron chi connectivity index (χ0n) is 9.18. The monoisotopic (exact) mass is 216 g/mol. The molecule has 0 saturated carbocycles. The lowest BCUT2D eigenvalue weighted by atomic mass is 10.1. The number of hydrogen-bond acceptors (Lipinski definition) is 2. The number of aromatic nitrogens is 1. The van der Waals surface area contributed by atoms with Gasteiger partial charge in [0.05, 0.1) is 0 Å². The first kappa shape index (κ1) is 9.58. The fourth-order valence-electron chi connectivity index (χ4n) is 2.49. The molecule has 0 fully saturated rings. The summed E-state index contributed by atoms with van der Waals surface area (Å²) in [6, 6.07) is 3.43. The van der Waals surface area contributed by atoms with Gasteiger partial charge in [-0.2, -0.15) is 0 Å². The summed E-state index contributed by atoms with van der Waals surface area (Å²) < 4.78 is 13.8. The van der Waals surface area contributed by atoms with Crippen LogP contribution in [0.3, 0.4) is 0 Å². The Labute approximate surface area is 93.3 Å². The summed E-state index contributed by atoms with van der Waals surface area (Å²) in [7, 11) is 0. The molecule has 3 heteroatoms. The topological polar surface area (TPSA) is 38.9 Å². The largest absolute Gasteiger partial charge is 0.398 e. The van der Waals surface area contributed by atoms with Crippen LogP contribution in [0, 0.1) is 12.7 Å². The molecule has 0 saturated heterocycles. The maximum Gasteiger partial charge on any atom is 0.149 e. The molecule has 1 aromatic carbocycles. The Morgan fingerprint density at radius 2 is 2.12 bits per heavy atom. The van der Waals surface area contributed by atoms with Crippen LogP contribution in [0.5, 0.6) is 0 Å². The van der Waals surface area contributed by atoms with Crippen molar-refractivity contribution >= 4 is 16.6 Å². The average Bonchev–Trinajstić information content (AvgIpc) is 2.68. The quantitative estimate of drug-likeness (QED) is 0.735. The van der Waals surface area contributed by atoms with Crippen LogP contribution in [-0.4, -0.2) is 4.98 Å². The van der Waals surface area contributed by atoms with Gasteiger partial charge < -0.3 is 5.73 Å². The van der Waals surface area contributed by atoms with Gasteiger partial charge in [0.15, 0.2) is 0 Å². The second-order valence-electron chi connectivity index (χ2n) is 4.45. The number of benzene rings is 1. The van der Waals surface area contributed by atoms with E-state index in [1.807, 2.05) is 13.0 Å². The summed E-state index contributed by atoms with van der Waals surface area (Å²) in [5.74, 6) is -0.267. The van der Waals surface area contributed by atoms with Crippen molar-refractivity contribution in [2.75, 3.05) is 5.73 Å². The summed E-state index contributed by atoms with van der Waals surface area (Å²) in [6.07, 6.45) is 2.96. The molecule has 0 atom stereocenters. The highest BCUT2D eigenvalue weighted by atomic mass is 19.1. The normalized spacial score (nSPS) is 14.4. The van der Waals surface area contributed by atoms with Gasteiger partial charge in [-0.05, 0) is 49.4 Å². The lowest BCUT2D eigenvalue weighted by Gasteiger charge is -2.09. The van der Waals surface area contributed by atoms with Crippen molar-refractivity contribution in [3.63, 3.8) is 0 Å². The van der Waals surface area contributed by atoms with E-state index in [2.05, 4.69) is 4.98 Å². The maximum absolute atomic E-state index is 13.8. The minimum absolute atomic E-state index is 0.267. The van der Waals surface area contributed by atoms with Crippen molar-refractivity contribution < 1.29 is 4.39 Å². The lowest BCUT2D eigenvalue weighted by Crippen LogP contribution is -2.00. The predicted molar refractivity (Wildman–Crippen MR) is 62.9 cm³/mol. The zero-order valence-corrected chi connectivity index (χ0v) is 9.18. The fraction of sp³-hybridized carbons (Fsp3) is 0.308. The molecule has 0 bridgehead atoms. The van der Waals surface area contributed by atoms with Gasteiger partial charge in [-0.15, -0.1) is 0 Å². The Bertz CT molecular complexity index is 590. The maximum atomic E-state index is 13.8. The Kier molecular flexibility index (Phi) is 1.90. The molecule has 1 aliphatic rings. The van der Waals surface area contributed by atoms with Crippen LogP contribution < -0.4 is 5.73 Å². The second-order valence-corrected chi connectivity index (χ2v) is 4.45. The van der Waals surface area contributed by atoms with E-state index < -0.39 is 0 Å². The third-order valence-corrected chi connectivity index (χ3v) is 3.26. The molecular weight excluding hydrogens is 203 g/mol. The zero-order chi connectivity index (χ0) is 11.3. The van der Waals surface area contributed by atoms with E-state index in [9.17, 15) is 4.39 Å². The number of aryl methyl sites for hydroxylation is 2. The van der Waals surface area contributed by atoms with Gasteiger partial charge in [0.25, 0.3) is 0 Å². The van der Waals surface area contributed by atoms with Crippen LogP contribution in [0.2, 0.25) is 0 Å². The second kappa shape index (κ2) is 3.17. The molecule has 1 heterocycles. The highest BCUT2D eigenvalue weighted by Crippen LogP contribution is 2.33. The van der Waals surface area contributed by atoms with Gasteiger partial charge in [-0.1, -0.05) is 0 Å². The molecule has 0 radical (unpaired) electrons. The van der Waals surface area contributed by atoms with Gasteiger partial charge in [-0.25, -0.2) is 9.37 Å². The van der Waals surface area contributed by atoms with Crippen molar-refractivity contribution in [2.24, 2.45) is 0 Å². The highest BCUT2D eigenvalue weighted by molar-refractivity contribution is 5.93. The third-order valence-electron chi connectivity index (χ3n) is 3.26. The molecule has 0 unspecified atom stereocenters. The molecule has 0 aliphatic heterocycles. The summed E-state index contributed by atoms with van der Waals surface area (Å²) >= 11 is 0. The van der Waals surface area contributed by atoms with Gasteiger partial charge >= 0.3 is 0 Å². The minimum atomic E-state index is -0.267. The van der Waals surface area contributed by atoms with E-state index in [1.165, 1.54) is 6.07 Å². The van der Waals surface area contributed by atoms with E-state index in [1.54, 1.807) is 0 Å². The van der Waals surface area contributed by atoms with E-state index in [4.69, 9.17) is 5.73 Å². The molecule has 16 heavy (non-hydrogen) atoms. The number of anilines is 1. The SMILES string of the molecule is Cc1cc(F)c2nc3c(c(N)c2c1)CCC3. The van der Waals surface area contributed by atoms with Crippen molar-refractivity contribution in [1.29, 1.82) is 0 Å². The van der Waals surface area contributed by atoms with Gasteiger partial charge in [0.1, 0.15) is 11.3 Å². The van der Waals surface area contributed by atoms with E-state index >= 15 is 0 Å². The number of nitrogens with zero attached hydrogens (tertiary/aromatic N) is 1. The molecule has 82 valence electrons. The molecule has 1 aromatic heterocycles. The van der Waals surface area contributed by atoms with Crippen molar-refractivity contribution in [3.8, 4) is 0 Å². The third kappa shape index (κ3) is 1.21. The van der Waals surface area contributed by atoms with Crippen LogP contribution in [0.4, 0.5) is 10.1 Å². The summed E-state index contributed by atoms with van der Waals surface area (Å²) in [5.41, 5.74) is 10.2. The van der Waals surface area contributed by atoms with E-state index in [-0.39, 0.29) is 5.82 Å². The Morgan fingerprint density at radius 1 is 1.31 bits per heavy atom. The average molecular weight is 216 g/mol. The molecule has 1 aliphatic carbocycles. The standard InChI is InChI=1S/C13H13FN2/c1-7-5-9-12(15)8-3-2-4-11(8)16-13(9)10(14)6-7/h5-6H,2-4H2,1H3,(H2,15,16). The molecule has 2 nitrogen and oxygen atoms in total. The first-order valence-electron chi connectivity index (χ1n) is 5.54. The van der Waals surface area contributed by atoms with Crippen molar-refractivity contribution in [3.05, 3.63) is 34.8 Å². The Balaban J connectivity index is 2.46. The number of nitrogen functional groups attached to an aromatic ring is 1. The molecular formula is C13H13FN2. The predicted octanol–water partition coefficient (Wildman–Crippen LogP) is 2.75. The van der Waals surface area contributed by atoms with Crippen LogP contribution >= 0.6 is 0 Å². The highest BCUT2D eigenvalue weighted by Gasteiger charge is 2.19. The fourth-order valence-corrected chi connectivity index (χ4v) is 2.49. The smallest absolute Gasteiger partial charge is 0.149 e. The van der Waals surface area contributed by atoms with Gasteiger partial charge in [0, 0.05) is 16.8 Å². The molecule has 2 aromatic rings. The van der Waals surface area contributed by atoms with E-state index in [0.29, 0.717) is 5.52 Å². The summed E-state index contributed by atoms with van der Waals surface area (Å²) in [6.45, 7) is 1.87. The Morgan fingerprint density at radius 3 is 2.94 bits per heavy atom. The first-order chi connectivity index (χ1) is 7.66. The first-order valence-corrected chi connectivity index (χ1v) is 5.54. The summed E-state index contributed by atoms with van der Waals surface area (Å²) in [4.78, 5) is 4.40. The number of pyridine rings is 1. The van der Waals surface area contributed by atoms with E-state index in [0.717, 1.165) is 47.2 Å². The lowest BCUT2D eigenvalue weighted by molar-refractivity contribution is 0.635. The molecule has 0 amide bonds. The Hall–Kier alpha value is -1.64. The van der Waals surface area contributed by atoms with Gasteiger partial charge in [-0.3, -0.25) is 0 Å². The number of fused-ring (bicyclic) bond motifs is 2. The van der Waals surface area contributed by atoms with Crippen molar-refractivity contribution in [2.45, 2.75) is 26.2 Å². The number of rotatable bonds is 0. The van der Waals surface area contributed by atoms with Crippen LogP contribution in [-0.2, 0) is 12.8 Å². The molecule has 2 N–H and O–H groups in total.